The van der Waals surface area contributed by atoms with Crippen LogP contribution in [0.15, 0.2) is 47.4 Å². The first-order chi connectivity index (χ1) is 13.3. The third kappa shape index (κ3) is 5.19. The number of sulfonamides is 1. The molecule has 0 aliphatic carbocycles. The van der Waals surface area contributed by atoms with Crippen LogP contribution >= 0.6 is 0 Å². The number of anilines is 1. The van der Waals surface area contributed by atoms with Crippen LogP contribution in [-0.2, 0) is 14.8 Å². The van der Waals surface area contributed by atoms with Gasteiger partial charge in [0.1, 0.15) is 10.6 Å². The molecule has 28 heavy (non-hydrogen) atoms. The summed E-state index contributed by atoms with van der Waals surface area (Å²) < 4.78 is 37.6. The van der Waals surface area contributed by atoms with Crippen LogP contribution in [0.2, 0.25) is 0 Å². The molecule has 0 spiro atoms. The lowest BCUT2D eigenvalue weighted by Gasteiger charge is -2.12. The zero-order valence-electron chi connectivity index (χ0n) is 15.4. The highest BCUT2D eigenvalue weighted by atomic mass is 32.2. The molecule has 0 aromatic heterocycles. The molecule has 0 amide bonds. The molecule has 0 unspecified atom stereocenters. The Hall–Kier alpha value is -3.14. The van der Waals surface area contributed by atoms with Gasteiger partial charge in [-0.15, -0.1) is 0 Å². The lowest BCUT2D eigenvalue weighted by molar-refractivity contribution is -0.385. The molecule has 0 fully saturated rings. The number of unbranched alkanes of at least 4 members (excludes halogenated alkanes) is 1. The van der Waals surface area contributed by atoms with E-state index in [0.29, 0.717) is 12.2 Å². The quantitative estimate of drug-likeness (QED) is 0.292. The number of hydrogen-bond acceptors (Lipinski definition) is 7. The minimum atomic E-state index is -4.06. The van der Waals surface area contributed by atoms with Crippen molar-refractivity contribution in [2.45, 2.75) is 24.7 Å². The summed E-state index contributed by atoms with van der Waals surface area (Å²) in [5.74, 6) is -0.641. The van der Waals surface area contributed by atoms with E-state index in [1.807, 2.05) is 6.92 Å². The fraction of sp³-hybridized carbons (Fsp3) is 0.278. The number of methoxy groups -OCH3 is 1. The largest absolute Gasteiger partial charge is 0.495 e. The summed E-state index contributed by atoms with van der Waals surface area (Å²) in [7, 11) is -2.84. The highest BCUT2D eigenvalue weighted by Crippen LogP contribution is 2.29. The van der Waals surface area contributed by atoms with Crippen molar-refractivity contribution in [3.8, 4) is 5.75 Å². The van der Waals surface area contributed by atoms with Crippen molar-refractivity contribution >= 4 is 27.4 Å². The Morgan fingerprint density at radius 3 is 2.43 bits per heavy atom. The highest BCUT2D eigenvalue weighted by Gasteiger charge is 2.22. The highest BCUT2D eigenvalue weighted by molar-refractivity contribution is 7.92. The Labute approximate surface area is 162 Å². The number of nitro benzene ring substituents is 1. The number of ether oxygens (including phenoxy) is 2. The van der Waals surface area contributed by atoms with Crippen LogP contribution in [0.3, 0.4) is 0 Å². The van der Waals surface area contributed by atoms with E-state index in [2.05, 4.69) is 4.72 Å². The molecule has 150 valence electrons. The molecule has 0 aliphatic rings. The molecule has 0 radical (unpaired) electrons. The van der Waals surface area contributed by atoms with Crippen LogP contribution in [0.25, 0.3) is 0 Å². The molecular weight excluding hydrogens is 388 g/mol. The first-order valence-corrected chi connectivity index (χ1v) is 9.89. The van der Waals surface area contributed by atoms with Gasteiger partial charge in [0.25, 0.3) is 15.7 Å². The van der Waals surface area contributed by atoms with E-state index >= 15 is 0 Å². The van der Waals surface area contributed by atoms with Gasteiger partial charge in [-0.1, -0.05) is 13.3 Å². The maximum atomic E-state index is 12.6. The van der Waals surface area contributed by atoms with Crippen molar-refractivity contribution in [2.24, 2.45) is 0 Å². The molecule has 2 aromatic carbocycles. The second-order valence-corrected chi connectivity index (χ2v) is 7.42. The summed E-state index contributed by atoms with van der Waals surface area (Å²) in [5.41, 5.74) is 0.221. The molecule has 1 N–H and O–H groups in total. The summed E-state index contributed by atoms with van der Waals surface area (Å²) in [5, 5.41) is 10.8. The molecule has 0 aliphatic heterocycles. The second-order valence-electron chi connectivity index (χ2n) is 5.76. The van der Waals surface area contributed by atoms with Crippen LogP contribution < -0.4 is 9.46 Å². The Bertz CT molecular complexity index is 956. The number of esters is 1. The maximum absolute atomic E-state index is 12.6. The van der Waals surface area contributed by atoms with Gasteiger partial charge in [0.05, 0.1) is 30.3 Å². The predicted molar refractivity (Wildman–Crippen MR) is 102 cm³/mol. The average molecular weight is 408 g/mol. The van der Waals surface area contributed by atoms with Gasteiger partial charge in [0.2, 0.25) is 0 Å². The third-order valence-corrected chi connectivity index (χ3v) is 5.17. The zero-order chi connectivity index (χ0) is 20.7. The maximum Gasteiger partial charge on any atom is 0.338 e. The zero-order valence-corrected chi connectivity index (χ0v) is 16.2. The number of nitro groups is 1. The second kappa shape index (κ2) is 9.18. The number of hydrogen-bond donors (Lipinski definition) is 1. The number of nitrogens with zero attached hydrogens (tertiary/aromatic N) is 1. The fourth-order valence-electron chi connectivity index (χ4n) is 2.27. The van der Waals surface area contributed by atoms with Gasteiger partial charge in [0.15, 0.2) is 0 Å². The van der Waals surface area contributed by atoms with Gasteiger partial charge in [-0.2, -0.15) is 0 Å². The monoisotopic (exact) mass is 408 g/mol. The smallest absolute Gasteiger partial charge is 0.338 e. The van der Waals surface area contributed by atoms with Crippen LogP contribution in [0.4, 0.5) is 11.4 Å². The first-order valence-electron chi connectivity index (χ1n) is 8.41. The molecule has 2 aromatic rings. The van der Waals surface area contributed by atoms with Gasteiger partial charge in [-0.05, 0) is 36.8 Å². The summed E-state index contributed by atoms with van der Waals surface area (Å²) in [4.78, 5) is 21.8. The summed E-state index contributed by atoms with van der Waals surface area (Å²) in [6.45, 7) is 2.30. The molecule has 0 bridgehead atoms. The molecular formula is C18H20N2O7S. The Kier molecular flexibility index (Phi) is 6.94. The van der Waals surface area contributed by atoms with E-state index in [0.717, 1.165) is 31.0 Å². The predicted octanol–water partition coefficient (Wildman–Crippen LogP) is 3.36. The van der Waals surface area contributed by atoms with Crippen LogP contribution in [-0.4, -0.2) is 33.0 Å². The minimum absolute atomic E-state index is 0.155. The number of nitrogens with one attached hydrogen (secondary N) is 1. The molecule has 9 nitrogen and oxygen atoms in total. The average Bonchev–Trinajstić information content (AvgIpc) is 2.67. The Morgan fingerprint density at radius 1 is 1.18 bits per heavy atom. The molecule has 0 atom stereocenters. The minimum Gasteiger partial charge on any atom is -0.495 e. The van der Waals surface area contributed by atoms with Gasteiger partial charge in [-0.3, -0.25) is 14.8 Å². The van der Waals surface area contributed by atoms with E-state index in [9.17, 15) is 23.3 Å². The number of rotatable bonds is 9. The number of non-ortho nitro benzene ring substituents is 1. The van der Waals surface area contributed by atoms with E-state index < -0.39 is 20.9 Å². The van der Waals surface area contributed by atoms with Crippen LogP contribution in [0.5, 0.6) is 5.75 Å². The summed E-state index contributed by atoms with van der Waals surface area (Å²) in [6, 6.07) is 8.94. The standard InChI is InChI=1S/C18H20N2O7S/c1-3-4-11-27-18(21)13-5-7-14(8-6-13)19-28(24,25)17-10-9-15(20(22)23)12-16(17)26-2/h5-10,12,19H,3-4,11H2,1-2H3. The lowest BCUT2D eigenvalue weighted by atomic mass is 10.2. The normalized spacial score (nSPS) is 10.9. The summed E-state index contributed by atoms with van der Waals surface area (Å²) >= 11 is 0. The van der Waals surface area contributed by atoms with Gasteiger partial charge < -0.3 is 9.47 Å². The van der Waals surface area contributed by atoms with Crippen LogP contribution in [0, 0.1) is 10.1 Å². The number of carbonyl (C=O) groups excluding carboxylic acids is 1. The van der Waals surface area contributed by atoms with Gasteiger partial charge in [0, 0.05) is 11.8 Å². The SMILES string of the molecule is CCCCOC(=O)c1ccc(NS(=O)(=O)c2ccc([N+](=O)[O-])cc2OC)cc1. The van der Waals surface area contributed by atoms with Gasteiger partial charge in [-0.25, -0.2) is 13.2 Å². The van der Waals surface area contributed by atoms with Crippen molar-refractivity contribution < 1.29 is 27.6 Å². The molecule has 0 saturated heterocycles. The fourth-order valence-corrected chi connectivity index (χ4v) is 3.48. The first kappa shape index (κ1) is 21.2. The lowest BCUT2D eigenvalue weighted by Crippen LogP contribution is -2.14. The van der Waals surface area contributed by atoms with E-state index in [1.165, 1.54) is 31.4 Å². The molecule has 2 rings (SSSR count). The topological polar surface area (TPSA) is 125 Å². The van der Waals surface area contributed by atoms with Crippen LogP contribution in [0.1, 0.15) is 30.1 Å². The van der Waals surface area contributed by atoms with E-state index in [1.54, 1.807) is 0 Å². The van der Waals surface area contributed by atoms with Crippen molar-refractivity contribution in [3.05, 3.63) is 58.1 Å². The van der Waals surface area contributed by atoms with E-state index in [-0.39, 0.29) is 22.0 Å². The van der Waals surface area contributed by atoms with Crippen molar-refractivity contribution in [3.63, 3.8) is 0 Å². The molecule has 10 heteroatoms. The van der Waals surface area contributed by atoms with Crippen molar-refractivity contribution in [1.29, 1.82) is 0 Å². The van der Waals surface area contributed by atoms with Gasteiger partial charge >= 0.3 is 5.97 Å². The Morgan fingerprint density at radius 2 is 1.86 bits per heavy atom. The molecule has 0 saturated carbocycles. The van der Waals surface area contributed by atoms with E-state index in [4.69, 9.17) is 9.47 Å². The number of carbonyl (C=O) groups is 1. The van der Waals surface area contributed by atoms with Crippen molar-refractivity contribution in [2.75, 3.05) is 18.4 Å². The van der Waals surface area contributed by atoms with Crippen molar-refractivity contribution in [1.82, 2.24) is 0 Å². The number of benzene rings is 2. The molecule has 0 heterocycles. The summed E-state index contributed by atoms with van der Waals surface area (Å²) in [6.07, 6.45) is 1.67. The Balaban J connectivity index is 2.18. The third-order valence-electron chi connectivity index (χ3n) is 3.75.